The van der Waals surface area contributed by atoms with Gasteiger partial charge in [-0.3, -0.25) is 0 Å². The van der Waals surface area contributed by atoms with Crippen LogP contribution in [0.5, 0.6) is 0 Å². The van der Waals surface area contributed by atoms with E-state index in [1.165, 1.54) is 66.8 Å². The molecular formula is C53H34N2. The maximum Gasteiger partial charge on any atom is 0.160 e. The SMILES string of the molecule is c1ccc(-c2ccc(-c3cc(-c4ccccc4)nc(-c4ccc5c(c4)-c4ccccc4-c4ccccc4C54c5ccccc5-c5ccccc54)n3)cc2)cc1. The lowest BCUT2D eigenvalue weighted by atomic mass is 9.66. The van der Waals surface area contributed by atoms with Crippen molar-refractivity contribution in [3.8, 4) is 78.4 Å². The molecule has 0 fully saturated rings. The lowest BCUT2D eigenvalue weighted by Gasteiger charge is -2.35. The highest BCUT2D eigenvalue weighted by Crippen LogP contribution is 2.61. The summed E-state index contributed by atoms with van der Waals surface area (Å²) in [5.74, 6) is 0.701. The second kappa shape index (κ2) is 12.5. The van der Waals surface area contributed by atoms with Gasteiger partial charge in [-0.2, -0.15) is 0 Å². The smallest absolute Gasteiger partial charge is 0.160 e. The molecule has 0 aliphatic heterocycles. The number of fused-ring (bicyclic) bond motifs is 12. The van der Waals surface area contributed by atoms with E-state index in [0.717, 1.165) is 28.1 Å². The second-order valence-electron chi connectivity index (χ2n) is 14.5. The van der Waals surface area contributed by atoms with Crippen molar-refractivity contribution < 1.29 is 0 Å². The standard InChI is InChI=1S/C53H34N2/c1-3-15-35(16-4-1)36-27-29-38(30-28-36)51-34-50(37-17-5-2-6-18-37)54-52(55-51)39-31-32-49-45(33-39)41-20-8-7-19-40(41)42-21-9-12-24-46(42)53(49)47-25-13-10-22-43(47)44-23-11-14-26-48(44)53/h1-34H. The van der Waals surface area contributed by atoms with Crippen LogP contribution in [0.15, 0.2) is 206 Å². The number of rotatable bonds is 4. The average molecular weight is 699 g/mol. The Hall–Kier alpha value is -7.16. The molecule has 0 bridgehead atoms. The summed E-state index contributed by atoms with van der Waals surface area (Å²) in [6.07, 6.45) is 0. The molecule has 2 aliphatic carbocycles. The molecule has 55 heavy (non-hydrogen) atoms. The summed E-state index contributed by atoms with van der Waals surface area (Å²) in [5.41, 5.74) is 19.4. The normalized spacial score (nSPS) is 12.9. The van der Waals surface area contributed by atoms with E-state index in [2.05, 4.69) is 200 Å². The molecule has 0 N–H and O–H groups in total. The Morgan fingerprint density at radius 2 is 0.618 bits per heavy atom. The minimum Gasteiger partial charge on any atom is -0.228 e. The van der Waals surface area contributed by atoms with Crippen LogP contribution >= 0.6 is 0 Å². The molecule has 1 spiro atoms. The highest BCUT2D eigenvalue weighted by atomic mass is 14.9. The highest BCUT2D eigenvalue weighted by Gasteiger charge is 2.49. The monoisotopic (exact) mass is 698 g/mol. The van der Waals surface area contributed by atoms with E-state index >= 15 is 0 Å². The van der Waals surface area contributed by atoms with Crippen LogP contribution in [-0.2, 0) is 5.41 Å². The van der Waals surface area contributed by atoms with Crippen molar-refractivity contribution >= 4 is 0 Å². The summed E-state index contributed by atoms with van der Waals surface area (Å²) in [4.78, 5) is 10.6. The summed E-state index contributed by atoms with van der Waals surface area (Å²) in [7, 11) is 0. The third-order valence-electron chi connectivity index (χ3n) is 11.6. The Kier molecular flexibility index (Phi) is 7.11. The van der Waals surface area contributed by atoms with Gasteiger partial charge >= 0.3 is 0 Å². The molecule has 1 aromatic heterocycles. The lowest BCUT2D eigenvalue weighted by Crippen LogP contribution is -2.29. The van der Waals surface area contributed by atoms with Gasteiger partial charge in [0.05, 0.1) is 16.8 Å². The largest absolute Gasteiger partial charge is 0.228 e. The van der Waals surface area contributed by atoms with Gasteiger partial charge in [-0.05, 0) is 78.9 Å². The summed E-state index contributed by atoms with van der Waals surface area (Å²) < 4.78 is 0. The summed E-state index contributed by atoms with van der Waals surface area (Å²) in [5, 5.41) is 0. The van der Waals surface area contributed by atoms with E-state index in [0.29, 0.717) is 5.82 Å². The van der Waals surface area contributed by atoms with Gasteiger partial charge in [-0.1, -0.05) is 194 Å². The second-order valence-corrected chi connectivity index (χ2v) is 14.5. The Labute approximate surface area is 321 Å². The average Bonchev–Trinajstić information content (AvgIpc) is 3.52. The molecule has 11 rings (SSSR count). The van der Waals surface area contributed by atoms with Crippen molar-refractivity contribution in [1.82, 2.24) is 9.97 Å². The summed E-state index contributed by atoms with van der Waals surface area (Å²) in [6.45, 7) is 0. The van der Waals surface area contributed by atoms with Crippen molar-refractivity contribution in [1.29, 1.82) is 0 Å². The van der Waals surface area contributed by atoms with Crippen molar-refractivity contribution in [2.24, 2.45) is 0 Å². The minimum atomic E-state index is -0.519. The molecule has 2 aliphatic rings. The Morgan fingerprint density at radius 3 is 1.18 bits per heavy atom. The van der Waals surface area contributed by atoms with Crippen LogP contribution in [0.1, 0.15) is 22.3 Å². The molecule has 9 aromatic rings. The van der Waals surface area contributed by atoms with Gasteiger partial charge in [0.15, 0.2) is 5.82 Å². The molecule has 2 heteroatoms. The van der Waals surface area contributed by atoms with Crippen LogP contribution in [0.25, 0.3) is 78.4 Å². The van der Waals surface area contributed by atoms with Gasteiger partial charge in [-0.15, -0.1) is 0 Å². The van der Waals surface area contributed by atoms with E-state index in [1.54, 1.807) is 0 Å². The van der Waals surface area contributed by atoms with Crippen LogP contribution in [0.2, 0.25) is 0 Å². The van der Waals surface area contributed by atoms with Gasteiger partial charge in [0, 0.05) is 16.7 Å². The van der Waals surface area contributed by atoms with E-state index in [9.17, 15) is 0 Å². The van der Waals surface area contributed by atoms with Crippen LogP contribution in [-0.4, -0.2) is 9.97 Å². The van der Waals surface area contributed by atoms with E-state index < -0.39 is 5.41 Å². The summed E-state index contributed by atoms with van der Waals surface area (Å²) >= 11 is 0. The fraction of sp³-hybridized carbons (Fsp3) is 0.0189. The molecule has 0 amide bonds. The Morgan fingerprint density at radius 1 is 0.255 bits per heavy atom. The van der Waals surface area contributed by atoms with Gasteiger partial charge in [0.1, 0.15) is 0 Å². The predicted molar refractivity (Wildman–Crippen MR) is 226 cm³/mol. The Balaban J connectivity index is 1.16. The number of benzene rings is 8. The van der Waals surface area contributed by atoms with Gasteiger partial charge < -0.3 is 0 Å². The molecule has 8 aromatic carbocycles. The fourth-order valence-electron chi connectivity index (χ4n) is 9.14. The van der Waals surface area contributed by atoms with E-state index in [-0.39, 0.29) is 0 Å². The zero-order valence-electron chi connectivity index (χ0n) is 30.0. The maximum atomic E-state index is 5.32. The quantitative estimate of drug-likeness (QED) is 0.183. The number of hydrogen-bond donors (Lipinski definition) is 0. The fourth-order valence-corrected chi connectivity index (χ4v) is 9.14. The minimum absolute atomic E-state index is 0.519. The molecule has 1 heterocycles. The maximum absolute atomic E-state index is 5.32. The van der Waals surface area contributed by atoms with Crippen molar-refractivity contribution in [2.75, 3.05) is 0 Å². The zero-order valence-corrected chi connectivity index (χ0v) is 30.0. The molecule has 0 saturated carbocycles. The molecule has 0 atom stereocenters. The molecule has 256 valence electrons. The van der Waals surface area contributed by atoms with Gasteiger partial charge in [0.2, 0.25) is 0 Å². The van der Waals surface area contributed by atoms with Gasteiger partial charge in [-0.25, -0.2) is 9.97 Å². The first kappa shape index (κ1) is 31.4. The third kappa shape index (κ3) is 4.82. The van der Waals surface area contributed by atoms with Crippen LogP contribution in [0.3, 0.4) is 0 Å². The number of hydrogen-bond acceptors (Lipinski definition) is 2. The van der Waals surface area contributed by atoms with Crippen molar-refractivity contribution in [3.63, 3.8) is 0 Å². The number of nitrogens with zero attached hydrogens (tertiary/aromatic N) is 2. The molecule has 2 nitrogen and oxygen atoms in total. The van der Waals surface area contributed by atoms with Crippen LogP contribution in [0, 0.1) is 0 Å². The number of aromatic nitrogens is 2. The van der Waals surface area contributed by atoms with Crippen LogP contribution < -0.4 is 0 Å². The van der Waals surface area contributed by atoms with Crippen molar-refractivity contribution in [3.05, 3.63) is 229 Å². The molecule has 0 radical (unpaired) electrons. The predicted octanol–water partition coefficient (Wildman–Crippen LogP) is 13.2. The first-order valence-electron chi connectivity index (χ1n) is 18.9. The Bertz CT molecular complexity index is 2860. The molecule has 0 saturated heterocycles. The zero-order chi connectivity index (χ0) is 36.3. The van der Waals surface area contributed by atoms with Gasteiger partial charge in [0.25, 0.3) is 0 Å². The molecule has 0 unspecified atom stereocenters. The molecular weight excluding hydrogens is 665 g/mol. The lowest BCUT2D eigenvalue weighted by molar-refractivity contribution is 0.775. The summed E-state index contributed by atoms with van der Waals surface area (Å²) in [6, 6.07) is 74.6. The van der Waals surface area contributed by atoms with Crippen LogP contribution in [0.4, 0.5) is 0 Å². The first-order valence-corrected chi connectivity index (χ1v) is 18.9. The van der Waals surface area contributed by atoms with E-state index in [4.69, 9.17) is 9.97 Å². The van der Waals surface area contributed by atoms with E-state index in [1.807, 2.05) is 6.07 Å². The highest BCUT2D eigenvalue weighted by molar-refractivity contribution is 5.98. The third-order valence-corrected chi connectivity index (χ3v) is 11.6. The topological polar surface area (TPSA) is 25.8 Å². The first-order chi connectivity index (χ1) is 27.3. The van der Waals surface area contributed by atoms with Crippen molar-refractivity contribution in [2.45, 2.75) is 5.41 Å².